The molecule has 0 heterocycles. The number of sulfonamides is 1. The van der Waals surface area contributed by atoms with Crippen molar-refractivity contribution in [1.29, 1.82) is 0 Å². The van der Waals surface area contributed by atoms with Crippen LogP contribution in [0.1, 0.15) is 39.7 Å². The van der Waals surface area contributed by atoms with Crippen LogP contribution in [-0.2, 0) is 26.2 Å². The van der Waals surface area contributed by atoms with Crippen molar-refractivity contribution in [3.63, 3.8) is 0 Å². The Morgan fingerprint density at radius 1 is 0.907 bits per heavy atom. The lowest BCUT2D eigenvalue weighted by Crippen LogP contribution is -2.55. The van der Waals surface area contributed by atoms with Crippen molar-refractivity contribution < 1.29 is 27.5 Å². The molecule has 0 bridgehead atoms. The molecule has 232 valence electrons. The standard InChI is InChI=1S/C31H37Cl2N3O6S/c1-7-26(30(38)34-31(2,3)4)35(19-23-24(32)14-11-15-25(23)33)29(37)20-36(21-12-9-8-10-13-21)43(39,40)22-16-17-27(41-5)28(18-22)42-6/h8-18,26H,7,19-20H2,1-6H3,(H,34,38)/t26-/m0/s1. The average Bonchev–Trinajstić information content (AvgIpc) is 2.96. The predicted molar refractivity (Wildman–Crippen MR) is 170 cm³/mol. The molecule has 0 radical (unpaired) electrons. The Balaban J connectivity index is 2.12. The number of ether oxygens (including phenoxy) is 2. The first-order valence-corrected chi connectivity index (χ1v) is 15.8. The van der Waals surface area contributed by atoms with Crippen LogP contribution in [0.25, 0.3) is 0 Å². The Morgan fingerprint density at radius 3 is 2.05 bits per heavy atom. The van der Waals surface area contributed by atoms with E-state index in [1.807, 2.05) is 20.8 Å². The van der Waals surface area contributed by atoms with Crippen LogP contribution in [0.4, 0.5) is 5.69 Å². The molecular formula is C31H37Cl2N3O6S. The molecule has 0 aliphatic heterocycles. The van der Waals surface area contributed by atoms with Gasteiger partial charge in [-0.05, 0) is 63.6 Å². The number of amides is 2. The SMILES string of the molecule is CC[C@@H](C(=O)NC(C)(C)C)N(Cc1c(Cl)cccc1Cl)C(=O)CN(c1ccccc1)S(=O)(=O)c1ccc(OC)c(OC)c1. The first-order valence-electron chi connectivity index (χ1n) is 13.6. The predicted octanol–water partition coefficient (Wildman–Crippen LogP) is 5.93. The maximum atomic E-state index is 14.2. The van der Waals surface area contributed by atoms with Crippen molar-refractivity contribution in [2.45, 2.75) is 57.1 Å². The molecule has 3 aromatic rings. The van der Waals surface area contributed by atoms with Gasteiger partial charge in [-0.2, -0.15) is 0 Å². The van der Waals surface area contributed by atoms with Gasteiger partial charge >= 0.3 is 0 Å². The second-order valence-corrected chi connectivity index (χ2v) is 13.4. The van der Waals surface area contributed by atoms with E-state index >= 15 is 0 Å². The summed E-state index contributed by atoms with van der Waals surface area (Å²) in [7, 11) is -1.47. The van der Waals surface area contributed by atoms with Crippen molar-refractivity contribution in [3.05, 3.63) is 82.3 Å². The molecule has 12 heteroatoms. The number of methoxy groups -OCH3 is 2. The van der Waals surface area contributed by atoms with E-state index < -0.39 is 34.1 Å². The summed E-state index contributed by atoms with van der Waals surface area (Å²) < 4.78 is 39.8. The number of carbonyl (C=O) groups is 2. The third-order valence-electron chi connectivity index (χ3n) is 6.54. The van der Waals surface area contributed by atoms with E-state index in [9.17, 15) is 18.0 Å². The van der Waals surface area contributed by atoms with E-state index in [1.54, 1.807) is 55.5 Å². The summed E-state index contributed by atoms with van der Waals surface area (Å²) in [6.07, 6.45) is 0.253. The highest BCUT2D eigenvalue weighted by atomic mass is 35.5. The molecule has 0 saturated heterocycles. The summed E-state index contributed by atoms with van der Waals surface area (Å²) in [5.41, 5.74) is 0.123. The molecule has 0 aliphatic rings. The van der Waals surface area contributed by atoms with Crippen LogP contribution < -0.4 is 19.1 Å². The quantitative estimate of drug-likeness (QED) is 0.261. The van der Waals surface area contributed by atoms with Gasteiger partial charge in [-0.1, -0.05) is 54.4 Å². The van der Waals surface area contributed by atoms with Crippen LogP contribution in [0, 0.1) is 0 Å². The van der Waals surface area contributed by atoms with Gasteiger partial charge in [-0.25, -0.2) is 8.42 Å². The second kappa shape index (κ2) is 14.3. The van der Waals surface area contributed by atoms with Crippen molar-refractivity contribution in [1.82, 2.24) is 10.2 Å². The maximum absolute atomic E-state index is 14.2. The fraction of sp³-hybridized carbons (Fsp3) is 0.355. The summed E-state index contributed by atoms with van der Waals surface area (Å²) in [5, 5.41) is 3.56. The van der Waals surface area contributed by atoms with E-state index in [2.05, 4.69) is 5.32 Å². The van der Waals surface area contributed by atoms with Gasteiger partial charge in [-0.3, -0.25) is 13.9 Å². The Kier molecular flexibility index (Phi) is 11.3. The highest BCUT2D eigenvalue weighted by Gasteiger charge is 2.35. The van der Waals surface area contributed by atoms with Gasteiger partial charge in [0.1, 0.15) is 12.6 Å². The molecule has 3 rings (SSSR count). The third-order valence-corrected chi connectivity index (χ3v) is 9.02. The van der Waals surface area contributed by atoms with Crippen molar-refractivity contribution in [2.24, 2.45) is 0 Å². The molecule has 0 unspecified atom stereocenters. The minimum Gasteiger partial charge on any atom is -0.493 e. The number of nitrogens with zero attached hydrogens (tertiary/aromatic N) is 2. The molecule has 1 atom stereocenters. The van der Waals surface area contributed by atoms with Crippen LogP contribution in [0.5, 0.6) is 11.5 Å². The topological polar surface area (TPSA) is 105 Å². The average molecular weight is 651 g/mol. The van der Waals surface area contributed by atoms with Crippen LogP contribution >= 0.6 is 23.2 Å². The van der Waals surface area contributed by atoms with Gasteiger partial charge in [-0.15, -0.1) is 0 Å². The van der Waals surface area contributed by atoms with Gasteiger partial charge in [0.25, 0.3) is 10.0 Å². The van der Waals surface area contributed by atoms with E-state index in [1.165, 1.54) is 37.3 Å². The Labute approximate surface area is 263 Å². The minimum absolute atomic E-state index is 0.111. The molecular weight excluding hydrogens is 613 g/mol. The van der Waals surface area contributed by atoms with Crippen LogP contribution in [0.2, 0.25) is 10.0 Å². The van der Waals surface area contributed by atoms with Crippen molar-refractivity contribution in [3.8, 4) is 11.5 Å². The Hall–Kier alpha value is -3.47. The molecule has 3 aromatic carbocycles. The van der Waals surface area contributed by atoms with Crippen LogP contribution in [0.15, 0.2) is 71.6 Å². The lowest BCUT2D eigenvalue weighted by Gasteiger charge is -2.35. The van der Waals surface area contributed by atoms with E-state index in [-0.39, 0.29) is 35.2 Å². The van der Waals surface area contributed by atoms with E-state index in [4.69, 9.17) is 32.7 Å². The number of anilines is 1. The number of rotatable bonds is 12. The Morgan fingerprint density at radius 2 is 1.51 bits per heavy atom. The highest BCUT2D eigenvalue weighted by Crippen LogP contribution is 2.33. The first kappa shape index (κ1) is 34.0. The molecule has 0 fully saturated rings. The zero-order valence-corrected chi connectivity index (χ0v) is 27.4. The normalized spacial score (nSPS) is 12.3. The summed E-state index contributed by atoms with van der Waals surface area (Å²) in [4.78, 5) is 28.9. The van der Waals surface area contributed by atoms with Crippen LogP contribution in [-0.4, -0.2) is 57.5 Å². The van der Waals surface area contributed by atoms with E-state index in [0.717, 1.165) is 4.31 Å². The smallest absolute Gasteiger partial charge is 0.264 e. The number of hydrogen-bond donors (Lipinski definition) is 1. The van der Waals surface area contributed by atoms with Gasteiger partial charge in [0, 0.05) is 33.8 Å². The van der Waals surface area contributed by atoms with Gasteiger partial charge < -0.3 is 19.7 Å². The largest absolute Gasteiger partial charge is 0.493 e. The zero-order chi connectivity index (χ0) is 31.9. The van der Waals surface area contributed by atoms with Crippen molar-refractivity contribution >= 4 is 50.7 Å². The van der Waals surface area contributed by atoms with Crippen LogP contribution in [0.3, 0.4) is 0 Å². The molecule has 43 heavy (non-hydrogen) atoms. The third kappa shape index (κ3) is 8.34. The molecule has 9 nitrogen and oxygen atoms in total. The number of para-hydroxylation sites is 1. The maximum Gasteiger partial charge on any atom is 0.264 e. The number of carbonyl (C=O) groups excluding carboxylic acids is 2. The summed E-state index contributed by atoms with van der Waals surface area (Å²) in [6, 6.07) is 16.5. The first-order chi connectivity index (χ1) is 20.2. The van der Waals surface area contributed by atoms with E-state index in [0.29, 0.717) is 21.4 Å². The molecule has 0 spiro atoms. The number of halogens is 2. The summed E-state index contributed by atoms with van der Waals surface area (Å²) in [5.74, 6) is -0.453. The molecule has 1 N–H and O–H groups in total. The Bertz CT molecular complexity index is 1520. The number of benzene rings is 3. The highest BCUT2D eigenvalue weighted by molar-refractivity contribution is 7.92. The van der Waals surface area contributed by atoms with Gasteiger partial charge in [0.15, 0.2) is 11.5 Å². The molecule has 2 amide bonds. The fourth-order valence-corrected chi connectivity index (χ4v) is 6.40. The molecule has 0 aromatic heterocycles. The summed E-state index contributed by atoms with van der Waals surface area (Å²) in [6.45, 7) is 6.55. The zero-order valence-electron chi connectivity index (χ0n) is 25.1. The number of hydrogen-bond acceptors (Lipinski definition) is 6. The molecule has 0 saturated carbocycles. The fourth-order valence-electron chi connectivity index (χ4n) is 4.45. The monoisotopic (exact) mass is 649 g/mol. The summed E-state index contributed by atoms with van der Waals surface area (Å²) >= 11 is 12.9. The lowest BCUT2D eigenvalue weighted by atomic mass is 10.1. The van der Waals surface area contributed by atoms with Gasteiger partial charge in [0.05, 0.1) is 24.8 Å². The number of nitrogens with one attached hydrogen (secondary N) is 1. The van der Waals surface area contributed by atoms with Crippen molar-refractivity contribution in [2.75, 3.05) is 25.1 Å². The second-order valence-electron chi connectivity index (χ2n) is 10.7. The molecule has 0 aliphatic carbocycles. The minimum atomic E-state index is -4.31. The van der Waals surface area contributed by atoms with Gasteiger partial charge in [0.2, 0.25) is 11.8 Å². The lowest BCUT2D eigenvalue weighted by molar-refractivity contribution is -0.141.